The van der Waals surface area contributed by atoms with Gasteiger partial charge < -0.3 is 5.73 Å². The van der Waals surface area contributed by atoms with Gasteiger partial charge in [-0.15, -0.1) is 0 Å². The molecular formula is C10H16ClN3. The van der Waals surface area contributed by atoms with Crippen LogP contribution in [0.2, 0.25) is 5.15 Å². The molecule has 1 aliphatic rings. The highest BCUT2D eigenvalue weighted by Crippen LogP contribution is 2.40. The average Bonchev–Trinajstić information content (AvgIpc) is 2.66. The summed E-state index contributed by atoms with van der Waals surface area (Å²) in [6.07, 6.45) is 7.93. The Hall–Kier alpha value is -0.540. The number of rotatable bonds is 2. The first kappa shape index (κ1) is 9.99. The zero-order chi connectivity index (χ0) is 10.0. The van der Waals surface area contributed by atoms with E-state index in [1.807, 2.05) is 6.20 Å². The van der Waals surface area contributed by atoms with E-state index < -0.39 is 0 Å². The molecule has 0 unspecified atom stereocenters. The summed E-state index contributed by atoms with van der Waals surface area (Å²) in [5, 5.41) is 7.43. The molecule has 14 heavy (non-hydrogen) atoms. The molecule has 0 amide bonds. The second-order valence-corrected chi connectivity index (χ2v) is 4.52. The summed E-state index contributed by atoms with van der Waals surface area (Å²) in [6, 6.07) is 0. The van der Waals surface area contributed by atoms with Gasteiger partial charge in [0.2, 0.25) is 0 Å². The van der Waals surface area contributed by atoms with Crippen LogP contribution in [-0.4, -0.2) is 16.7 Å². The van der Waals surface area contributed by atoms with E-state index in [-0.39, 0.29) is 5.41 Å². The first-order chi connectivity index (χ1) is 6.78. The summed E-state index contributed by atoms with van der Waals surface area (Å²) in [7, 11) is 0. The lowest BCUT2D eigenvalue weighted by Crippen LogP contribution is -2.37. The number of halogens is 1. The Morgan fingerprint density at radius 3 is 2.64 bits per heavy atom. The van der Waals surface area contributed by atoms with E-state index in [1.54, 1.807) is 0 Å². The zero-order valence-corrected chi connectivity index (χ0v) is 8.98. The van der Waals surface area contributed by atoms with Crippen LogP contribution in [0.1, 0.15) is 37.7 Å². The van der Waals surface area contributed by atoms with Crippen LogP contribution in [0.15, 0.2) is 6.20 Å². The maximum absolute atomic E-state index is 6.07. The predicted molar refractivity (Wildman–Crippen MR) is 57.4 cm³/mol. The molecule has 1 saturated carbocycles. The molecule has 0 aliphatic heterocycles. The Labute approximate surface area is 89.0 Å². The number of hydrogen-bond donors (Lipinski definition) is 2. The molecule has 4 heteroatoms. The number of nitrogens with one attached hydrogen (secondary N) is 1. The number of aromatic nitrogens is 2. The quantitative estimate of drug-likeness (QED) is 0.792. The maximum Gasteiger partial charge on any atom is 0.127 e. The van der Waals surface area contributed by atoms with Gasteiger partial charge in [0.1, 0.15) is 5.15 Å². The Morgan fingerprint density at radius 2 is 2.14 bits per heavy atom. The highest BCUT2D eigenvalue weighted by atomic mass is 35.5. The fourth-order valence-corrected chi connectivity index (χ4v) is 2.75. The van der Waals surface area contributed by atoms with E-state index in [0.717, 1.165) is 18.4 Å². The summed E-state index contributed by atoms with van der Waals surface area (Å²) < 4.78 is 0. The van der Waals surface area contributed by atoms with Gasteiger partial charge in [0.25, 0.3) is 0 Å². The molecule has 1 aromatic rings. The monoisotopic (exact) mass is 213 g/mol. The van der Waals surface area contributed by atoms with Crippen LogP contribution in [0.25, 0.3) is 0 Å². The fraction of sp³-hybridized carbons (Fsp3) is 0.700. The lowest BCUT2D eigenvalue weighted by Gasteiger charge is -2.35. The second kappa shape index (κ2) is 3.91. The number of H-pyrrole nitrogens is 1. The summed E-state index contributed by atoms with van der Waals surface area (Å²) in [5.74, 6) is 0. The van der Waals surface area contributed by atoms with Crippen molar-refractivity contribution in [2.45, 2.75) is 37.5 Å². The van der Waals surface area contributed by atoms with Gasteiger partial charge in [-0.05, 0) is 12.8 Å². The fourth-order valence-electron chi connectivity index (χ4n) is 2.45. The lowest BCUT2D eigenvalue weighted by molar-refractivity contribution is 0.301. The standard InChI is InChI=1S/C10H16ClN3/c11-9-8(6-13-14-9)10(7-12)4-2-1-3-5-10/h6H,1-5,7,12H2,(H,13,14). The second-order valence-electron chi connectivity index (χ2n) is 4.14. The van der Waals surface area contributed by atoms with E-state index in [1.165, 1.54) is 19.3 Å². The van der Waals surface area contributed by atoms with Gasteiger partial charge >= 0.3 is 0 Å². The van der Waals surface area contributed by atoms with Crippen LogP contribution >= 0.6 is 11.6 Å². The number of nitrogens with two attached hydrogens (primary N) is 1. The molecule has 1 heterocycles. The Kier molecular flexibility index (Phi) is 2.79. The Balaban J connectivity index is 2.31. The first-order valence-corrected chi connectivity index (χ1v) is 5.56. The Morgan fingerprint density at radius 1 is 1.43 bits per heavy atom. The minimum absolute atomic E-state index is 0.0856. The van der Waals surface area contributed by atoms with E-state index in [0.29, 0.717) is 11.7 Å². The minimum atomic E-state index is 0.0856. The van der Waals surface area contributed by atoms with Crippen molar-refractivity contribution < 1.29 is 0 Å². The highest BCUT2D eigenvalue weighted by Gasteiger charge is 2.35. The molecule has 0 spiro atoms. The number of aromatic amines is 1. The SMILES string of the molecule is NCC1(c2cn[nH]c2Cl)CCCCC1. The summed E-state index contributed by atoms with van der Waals surface area (Å²) in [5.41, 5.74) is 7.10. The average molecular weight is 214 g/mol. The van der Waals surface area contributed by atoms with Gasteiger partial charge in [0, 0.05) is 17.5 Å². The lowest BCUT2D eigenvalue weighted by atomic mass is 9.70. The molecule has 0 aromatic carbocycles. The number of nitrogens with zero attached hydrogens (tertiary/aromatic N) is 1. The van der Waals surface area contributed by atoms with Crippen LogP contribution < -0.4 is 5.73 Å². The van der Waals surface area contributed by atoms with Crippen LogP contribution in [-0.2, 0) is 5.41 Å². The van der Waals surface area contributed by atoms with Crippen molar-refractivity contribution in [3.63, 3.8) is 0 Å². The van der Waals surface area contributed by atoms with Crippen LogP contribution in [0, 0.1) is 0 Å². The van der Waals surface area contributed by atoms with Crippen molar-refractivity contribution in [2.75, 3.05) is 6.54 Å². The van der Waals surface area contributed by atoms with E-state index in [9.17, 15) is 0 Å². The molecule has 0 atom stereocenters. The predicted octanol–water partition coefficient (Wildman–Crippen LogP) is 2.22. The Bertz CT molecular complexity index is 302. The molecule has 78 valence electrons. The molecule has 0 saturated heterocycles. The van der Waals surface area contributed by atoms with E-state index in [4.69, 9.17) is 17.3 Å². The van der Waals surface area contributed by atoms with Gasteiger partial charge in [-0.3, -0.25) is 5.10 Å². The van der Waals surface area contributed by atoms with E-state index >= 15 is 0 Å². The summed E-state index contributed by atoms with van der Waals surface area (Å²) in [6.45, 7) is 0.673. The maximum atomic E-state index is 6.07. The molecule has 3 N–H and O–H groups in total. The van der Waals surface area contributed by atoms with Crippen molar-refractivity contribution >= 4 is 11.6 Å². The summed E-state index contributed by atoms with van der Waals surface area (Å²) in [4.78, 5) is 0. The van der Waals surface area contributed by atoms with E-state index in [2.05, 4.69) is 10.2 Å². The largest absolute Gasteiger partial charge is 0.330 e. The van der Waals surface area contributed by atoms with Gasteiger partial charge in [0.15, 0.2) is 0 Å². The highest BCUT2D eigenvalue weighted by molar-refractivity contribution is 6.30. The topological polar surface area (TPSA) is 54.7 Å². The normalized spacial score (nSPS) is 21.0. The summed E-state index contributed by atoms with van der Waals surface area (Å²) >= 11 is 6.07. The van der Waals surface area contributed by atoms with Gasteiger partial charge in [-0.1, -0.05) is 30.9 Å². The number of hydrogen-bond acceptors (Lipinski definition) is 2. The minimum Gasteiger partial charge on any atom is -0.330 e. The van der Waals surface area contributed by atoms with Crippen molar-refractivity contribution in [3.05, 3.63) is 16.9 Å². The molecular weight excluding hydrogens is 198 g/mol. The van der Waals surface area contributed by atoms with Gasteiger partial charge in [-0.25, -0.2) is 0 Å². The third-order valence-corrected chi connectivity index (χ3v) is 3.65. The van der Waals surface area contributed by atoms with Crippen LogP contribution in [0.4, 0.5) is 0 Å². The molecule has 3 nitrogen and oxygen atoms in total. The van der Waals surface area contributed by atoms with Crippen molar-refractivity contribution in [3.8, 4) is 0 Å². The molecule has 1 aromatic heterocycles. The smallest absolute Gasteiger partial charge is 0.127 e. The third-order valence-electron chi connectivity index (χ3n) is 3.37. The van der Waals surface area contributed by atoms with Crippen molar-refractivity contribution in [2.24, 2.45) is 5.73 Å². The van der Waals surface area contributed by atoms with Crippen LogP contribution in [0.5, 0.6) is 0 Å². The zero-order valence-electron chi connectivity index (χ0n) is 8.22. The van der Waals surface area contributed by atoms with Crippen LogP contribution in [0.3, 0.4) is 0 Å². The molecule has 1 fully saturated rings. The molecule has 1 aliphatic carbocycles. The van der Waals surface area contributed by atoms with Crippen molar-refractivity contribution in [1.82, 2.24) is 10.2 Å². The first-order valence-electron chi connectivity index (χ1n) is 5.18. The molecule has 2 rings (SSSR count). The molecule has 0 radical (unpaired) electrons. The third kappa shape index (κ3) is 1.55. The van der Waals surface area contributed by atoms with Crippen molar-refractivity contribution in [1.29, 1.82) is 0 Å². The van der Waals surface area contributed by atoms with Gasteiger partial charge in [0.05, 0.1) is 6.20 Å². The molecule has 0 bridgehead atoms. The van der Waals surface area contributed by atoms with Gasteiger partial charge in [-0.2, -0.15) is 5.10 Å².